The molecule has 0 aliphatic heterocycles. The van der Waals surface area contributed by atoms with E-state index in [4.69, 9.17) is 5.84 Å². The largest absolute Gasteiger partial charge is 0.323 e. The number of imidazole rings is 1. The molecule has 3 aromatic rings. The predicted molar refractivity (Wildman–Crippen MR) is 78.9 cm³/mol. The molecule has 0 spiro atoms. The summed E-state index contributed by atoms with van der Waals surface area (Å²) in [5, 5.41) is 0. The van der Waals surface area contributed by atoms with Gasteiger partial charge in [-0.05, 0) is 18.2 Å². The second kappa shape index (κ2) is 5.04. The van der Waals surface area contributed by atoms with Gasteiger partial charge in [-0.25, -0.2) is 29.0 Å². The first-order valence-electron chi connectivity index (χ1n) is 5.99. The second-order valence-electron chi connectivity index (χ2n) is 4.23. The average molecular weight is 304 g/mol. The van der Waals surface area contributed by atoms with E-state index >= 15 is 0 Å². The van der Waals surface area contributed by atoms with Crippen LogP contribution in [0.1, 0.15) is 0 Å². The summed E-state index contributed by atoms with van der Waals surface area (Å²) in [6, 6.07) is 9.94. The van der Waals surface area contributed by atoms with Crippen LogP contribution in [0.4, 0.5) is 11.8 Å². The molecular formula is C12H12N6O2S. The fourth-order valence-corrected chi connectivity index (χ4v) is 2.82. The molecule has 2 aromatic heterocycles. The number of benzene rings is 1. The third kappa shape index (κ3) is 2.64. The number of nitrogens with two attached hydrogens (primary N) is 1. The van der Waals surface area contributed by atoms with Crippen molar-refractivity contribution in [2.75, 3.05) is 10.1 Å². The predicted octanol–water partition coefficient (Wildman–Crippen LogP) is 1.04. The standard InChI is InChI=1S/C12H12N6O2S/c13-17-11-7-8(5-6-14-11)21(19,20)18-12-15-9-3-1-2-4-10(9)16-12/h1-7H,13H2,(H,14,17)(H2,15,16,18). The first-order chi connectivity index (χ1) is 10.1. The highest BCUT2D eigenvalue weighted by Gasteiger charge is 2.17. The lowest BCUT2D eigenvalue weighted by Gasteiger charge is -2.06. The summed E-state index contributed by atoms with van der Waals surface area (Å²) in [7, 11) is -3.77. The molecule has 9 heteroatoms. The molecule has 8 nitrogen and oxygen atoms in total. The van der Waals surface area contributed by atoms with Gasteiger partial charge in [0.05, 0.1) is 15.9 Å². The summed E-state index contributed by atoms with van der Waals surface area (Å²) in [5.74, 6) is 5.62. The monoisotopic (exact) mass is 304 g/mol. The number of nitrogens with zero attached hydrogens (tertiary/aromatic N) is 2. The molecular weight excluding hydrogens is 292 g/mol. The maximum Gasteiger partial charge on any atom is 0.264 e. The molecule has 0 unspecified atom stereocenters. The van der Waals surface area contributed by atoms with Crippen LogP contribution >= 0.6 is 0 Å². The number of aromatic amines is 1. The molecule has 0 aliphatic rings. The minimum atomic E-state index is -3.77. The van der Waals surface area contributed by atoms with E-state index in [9.17, 15) is 8.42 Å². The lowest BCUT2D eigenvalue weighted by Crippen LogP contribution is -2.15. The van der Waals surface area contributed by atoms with Crippen LogP contribution in [0.5, 0.6) is 0 Å². The van der Waals surface area contributed by atoms with E-state index < -0.39 is 10.0 Å². The van der Waals surface area contributed by atoms with Crippen LogP contribution in [-0.4, -0.2) is 23.4 Å². The van der Waals surface area contributed by atoms with E-state index in [-0.39, 0.29) is 16.7 Å². The highest BCUT2D eigenvalue weighted by molar-refractivity contribution is 7.92. The van der Waals surface area contributed by atoms with Gasteiger partial charge in [-0.3, -0.25) is 0 Å². The first kappa shape index (κ1) is 13.3. The van der Waals surface area contributed by atoms with Crippen molar-refractivity contribution in [3.05, 3.63) is 42.6 Å². The number of fused-ring (bicyclic) bond motifs is 1. The Morgan fingerprint density at radius 3 is 2.76 bits per heavy atom. The maximum absolute atomic E-state index is 12.3. The average Bonchev–Trinajstić information content (AvgIpc) is 2.88. The van der Waals surface area contributed by atoms with E-state index in [0.29, 0.717) is 5.52 Å². The van der Waals surface area contributed by atoms with Gasteiger partial charge in [0.2, 0.25) is 5.95 Å². The quantitative estimate of drug-likeness (QED) is 0.421. The van der Waals surface area contributed by atoms with Crippen molar-refractivity contribution in [2.45, 2.75) is 4.90 Å². The Hall–Kier alpha value is -2.65. The zero-order valence-electron chi connectivity index (χ0n) is 10.7. The second-order valence-corrected chi connectivity index (χ2v) is 5.91. The Kier molecular flexibility index (Phi) is 3.20. The maximum atomic E-state index is 12.3. The van der Waals surface area contributed by atoms with Crippen LogP contribution in [0.25, 0.3) is 11.0 Å². The molecule has 0 fully saturated rings. The van der Waals surface area contributed by atoms with Gasteiger partial charge in [0, 0.05) is 12.3 Å². The summed E-state index contributed by atoms with van der Waals surface area (Å²) in [4.78, 5) is 11.0. The lowest BCUT2D eigenvalue weighted by atomic mass is 10.3. The highest BCUT2D eigenvalue weighted by atomic mass is 32.2. The van der Waals surface area contributed by atoms with Gasteiger partial charge in [-0.2, -0.15) is 0 Å². The molecule has 0 bridgehead atoms. The normalized spacial score (nSPS) is 11.5. The van der Waals surface area contributed by atoms with E-state index in [1.54, 1.807) is 6.07 Å². The molecule has 21 heavy (non-hydrogen) atoms. The van der Waals surface area contributed by atoms with Crippen molar-refractivity contribution in [3.63, 3.8) is 0 Å². The number of hydrogen-bond donors (Lipinski definition) is 4. The van der Waals surface area contributed by atoms with Crippen molar-refractivity contribution in [1.82, 2.24) is 15.0 Å². The number of nitrogens with one attached hydrogen (secondary N) is 3. The van der Waals surface area contributed by atoms with Gasteiger partial charge in [0.15, 0.2) is 0 Å². The van der Waals surface area contributed by atoms with Gasteiger partial charge < -0.3 is 10.4 Å². The molecule has 0 amide bonds. The Balaban J connectivity index is 1.95. The number of hydrogen-bond acceptors (Lipinski definition) is 6. The molecule has 2 heterocycles. The summed E-state index contributed by atoms with van der Waals surface area (Å²) in [6.07, 6.45) is 1.35. The Labute approximate surface area is 120 Å². The molecule has 1 aromatic carbocycles. The molecule has 3 rings (SSSR count). The molecule has 0 radical (unpaired) electrons. The molecule has 108 valence electrons. The summed E-state index contributed by atoms with van der Waals surface area (Å²) in [5.41, 5.74) is 3.72. The zero-order valence-corrected chi connectivity index (χ0v) is 11.6. The van der Waals surface area contributed by atoms with Crippen LogP contribution in [0, 0.1) is 0 Å². The fraction of sp³-hybridized carbons (Fsp3) is 0. The minimum Gasteiger partial charge on any atom is -0.323 e. The van der Waals surface area contributed by atoms with Gasteiger partial charge in [0.1, 0.15) is 5.82 Å². The van der Waals surface area contributed by atoms with E-state index in [1.807, 2.05) is 18.2 Å². The van der Waals surface area contributed by atoms with Crippen molar-refractivity contribution >= 4 is 32.8 Å². The number of para-hydroxylation sites is 2. The minimum absolute atomic E-state index is 0.0332. The first-order valence-corrected chi connectivity index (χ1v) is 7.47. The fourth-order valence-electron chi connectivity index (χ4n) is 1.84. The number of aromatic nitrogens is 3. The van der Waals surface area contributed by atoms with E-state index in [0.717, 1.165) is 5.52 Å². The number of H-pyrrole nitrogens is 1. The molecule has 0 aliphatic carbocycles. The molecule has 0 saturated carbocycles. The summed E-state index contributed by atoms with van der Waals surface area (Å²) in [6.45, 7) is 0. The number of rotatable bonds is 4. The van der Waals surface area contributed by atoms with E-state index in [2.05, 4.69) is 25.1 Å². The smallest absolute Gasteiger partial charge is 0.264 e. The summed E-state index contributed by atoms with van der Waals surface area (Å²) < 4.78 is 26.9. The van der Waals surface area contributed by atoms with Gasteiger partial charge in [-0.1, -0.05) is 12.1 Å². The van der Waals surface area contributed by atoms with Crippen LogP contribution in [0.2, 0.25) is 0 Å². The Bertz CT molecular complexity index is 856. The zero-order chi connectivity index (χ0) is 14.9. The van der Waals surface area contributed by atoms with Gasteiger partial charge in [0.25, 0.3) is 10.0 Å². The van der Waals surface area contributed by atoms with E-state index in [1.165, 1.54) is 18.3 Å². The Morgan fingerprint density at radius 1 is 1.19 bits per heavy atom. The third-order valence-corrected chi connectivity index (χ3v) is 4.15. The van der Waals surface area contributed by atoms with Crippen LogP contribution in [0.15, 0.2) is 47.5 Å². The van der Waals surface area contributed by atoms with Crippen LogP contribution in [0.3, 0.4) is 0 Å². The molecule has 5 N–H and O–H groups in total. The summed E-state index contributed by atoms with van der Waals surface area (Å²) >= 11 is 0. The highest BCUT2D eigenvalue weighted by Crippen LogP contribution is 2.18. The van der Waals surface area contributed by atoms with Gasteiger partial charge in [-0.15, -0.1) is 0 Å². The Morgan fingerprint density at radius 2 is 2.00 bits per heavy atom. The number of anilines is 2. The van der Waals surface area contributed by atoms with Gasteiger partial charge >= 0.3 is 0 Å². The lowest BCUT2D eigenvalue weighted by molar-refractivity contribution is 0.601. The van der Waals surface area contributed by atoms with Crippen LogP contribution in [-0.2, 0) is 10.0 Å². The van der Waals surface area contributed by atoms with Crippen molar-refractivity contribution in [3.8, 4) is 0 Å². The molecule has 0 saturated heterocycles. The number of sulfonamides is 1. The number of nitrogen functional groups attached to an aromatic ring is 1. The number of hydrazine groups is 1. The number of pyridine rings is 1. The van der Waals surface area contributed by atoms with Crippen molar-refractivity contribution < 1.29 is 8.42 Å². The van der Waals surface area contributed by atoms with Crippen molar-refractivity contribution in [2.24, 2.45) is 5.84 Å². The third-order valence-electron chi connectivity index (χ3n) is 2.81. The SMILES string of the molecule is NNc1cc(S(=O)(=O)Nc2nc3ccccc3[nH]2)ccn1. The molecule has 0 atom stereocenters. The van der Waals surface area contributed by atoms with Crippen molar-refractivity contribution in [1.29, 1.82) is 0 Å². The van der Waals surface area contributed by atoms with Crippen LogP contribution < -0.4 is 16.0 Å². The topological polar surface area (TPSA) is 126 Å².